The van der Waals surface area contributed by atoms with Crippen LogP contribution in [0.3, 0.4) is 0 Å². The second-order valence-corrected chi connectivity index (χ2v) is 46.9. The Morgan fingerprint density at radius 2 is 0.500 bits per heavy atom. The lowest BCUT2D eigenvalue weighted by Crippen LogP contribution is -2.25. The van der Waals surface area contributed by atoms with Crippen molar-refractivity contribution in [3.8, 4) is 122 Å². The number of hydrogen-bond acceptors (Lipinski definition) is 3. The molecule has 0 spiro atoms. The number of fused-ring (bicyclic) bond motifs is 31. The topological polar surface area (TPSA) is 29.5 Å². The number of nitrogens with zero attached hydrogens (tertiary/aromatic N) is 1. The normalized spacial score (nSPS) is 15.8. The van der Waals surface area contributed by atoms with Crippen LogP contribution in [0.1, 0.15) is 329 Å². The van der Waals surface area contributed by atoms with Gasteiger partial charge in [-0.2, -0.15) is 0 Å². The van der Waals surface area contributed by atoms with Crippen LogP contribution in [-0.2, 0) is 37.9 Å². The standard InChI is InChI=1S/C141H139NO2/c1-15-19-23-27-42-74-140(75-43-28-24-20-16-2)112-52-38-34-48-98(112)104-68-59-92(82-121(104)140)89-57-66-101-100-65-56-88(78-114(100)135(5,6)115(101)79-89)91-61-71-107-118(81-91)138(11,12)131-128(107)129-110-51-37-41-55-125(110)144-134(129)130-108-73-64-97(86-120(108)139(13,14)132(130)131)142(95-46-32-31-33-47-95)96-63-72-106-119(85-96)137(9,10)123-87-111(126-109-50-36-40-54-124(109)143-133(126)127(106)123)94-62-70-103-102-67-58-90(80-116(102)136(7,8)117(103)84-94)93-60-69-105-99-49-35-39-53-113(99)141(122(105)83-93,76-44-29-25-21-17-3)77-45-30-26-22-18-4/h31-41,46-73,78-87H,15-30,42-45,74-77H2,1-14H3. The van der Waals surface area contributed by atoms with Gasteiger partial charge in [-0.05, 0) is 312 Å². The van der Waals surface area contributed by atoms with Crippen LogP contribution in [0, 0.1) is 0 Å². The molecule has 0 fully saturated rings. The molecule has 7 aliphatic rings. The minimum atomic E-state index is -0.453. The van der Waals surface area contributed by atoms with Gasteiger partial charge < -0.3 is 13.7 Å². The minimum absolute atomic E-state index is 0.0203. The highest BCUT2D eigenvalue weighted by Crippen LogP contribution is 2.67. The minimum Gasteiger partial charge on any atom is -0.455 e. The second-order valence-electron chi connectivity index (χ2n) is 46.9. The van der Waals surface area contributed by atoms with Crippen molar-refractivity contribution < 1.29 is 8.83 Å². The average Bonchev–Trinajstić information content (AvgIpc) is 1.50. The summed E-state index contributed by atoms with van der Waals surface area (Å²) in [6, 6.07) is 117. The third-order valence-electron chi connectivity index (χ3n) is 36.8. The highest BCUT2D eigenvalue weighted by atomic mass is 16.3. The van der Waals surface area contributed by atoms with Gasteiger partial charge in [-0.15, -0.1) is 0 Å². The predicted molar refractivity (Wildman–Crippen MR) is 611 cm³/mol. The number of furan rings is 2. The van der Waals surface area contributed by atoms with E-state index in [2.05, 4.69) is 399 Å². The largest absolute Gasteiger partial charge is 0.455 e. The van der Waals surface area contributed by atoms with Crippen molar-refractivity contribution in [2.45, 2.75) is 289 Å². The molecule has 25 rings (SSSR count). The second kappa shape index (κ2) is 35.1. The molecule has 0 N–H and O–H groups in total. The Morgan fingerprint density at radius 1 is 0.201 bits per heavy atom. The van der Waals surface area contributed by atoms with E-state index in [1.54, 1.807) is 22.3 Å². The van der Waals surface area contributed by atoms with Crippen LogP contribution in [0.2, 0.25) is 0 Å². The quantitative estimate of drug-likeness (QED) is 0.0406. The summed E-state index contributed by atoms with van der Waals surface area (Å²) in [7, 11) is 0. The molecule has 0 atom stereocenters. The van der Waals surface area contributed by atoms with Crippen LogP contribution in [0.5, 0.6) is 0 Å². The van der Waals surface area contributed by atoms with Crippen LogP contribution in [-0.4, -0.2) is 0 Å². The fraction of sp³-hybridized carbons (Fsp3) is 0.319. The molecule has 0 aliphatic heterocycles. The third-order valence-corrected chi connectivity index (χ3v) is 36.8. The Kier molecular flexibility index (Phi) is 22.5. The molecule has 0 bridgehead atoms. The van der Waals surface area contributed by atoms with E-state index in [1.165, 1.54) is 343 Å². The Hall–Kier alpha value is -13.1. The van der Waals surface area contributed by atoms with Gasteiger partial charge in [-0.25, -0.2) is 0 Å². The van der Waals surface area contributed by atoms with E-state index >= 15 is 0 Å². The van der Waals surface area contributed by atoms with Crippen LogP contribution in [0.4, 0.5) is 17.1 Å². The van der Waals surface area contributed by atoms with Gasteiger partial charge in [0, 0.05) is 87.6 Å². The summed E-state index contributed by atoms with van der Waals surface area (Å²) < 4.78 is 14.8. The average molecular weight is 1880 g/mol. The maximum absolute atomic E-state index is 7.42. The molecule has 3 heteroatoms. The lowest BCUT2D eigenvalue weighted by atomic mass is 9.70. The number of unbranched alkanes of at least 4 members (excludes halogenated alkanes) is 16. The van der Waals surface area contributed by atoms with E-state index in [9.17, 15) is 0 Å². The SMILES string of the molecule is CCCCCCCC1(CCCCCCC)c2ccccc2-c2ccc(-c3ccc4c(c3)C(C)(C)c3cc(-c5ccc6c(c5)C(C)(C)c5c7c(c8oc9ccccc9c8c5-6)-c5ccc(N(c6ccccc6)c6ccc8c(c6)C(C)(C)c6cc(-c9ccc%10c(c9)C(C)(C)c9cc(-c%11ccc%12c(c%11)C(CCCCCCC)(CCCCCCC)c%11ccccc%11-%12)ccc9-%10)c9c(oc%10ccccc%109)c6-8)cc5C7(C)C)ccc3-4)cc21. The van der Waals surface area contributed by atoms with E-state index in [-0.39, 0.29) is 21.7 Å². The highest BCUT2D eigenvalue weighted by molar-refractivity contribution is 6.22. The smallest absolute Gasteiger partial charge is 0.144 e. The zero-order chi connectivity index (χ0) is 98.2. The fourth-order valence-corrected chi connectivity index (χ4v) is 29.2. The van der Waals surface area contributed by atoms with E-state index in [1.807, 2.05) is 0 Å². The van der Waals surface area contributed by atoms with Crippen molar-refractivity contribution in [1.29, 1.82) is 0 Å². The first-order valence-electron chi connectivity index (χ1n) is 55.4. The number of hydrogen-bond donors (Lipinski definition) is 0. The van der Waals surface area contributed by atoms with Crippen LogP contribution in [0.25, 0.3) is 166 Å². The van der Waals surface area contributed by atoms with Crippen molar-refractivity contribution >= 4 is 60.9 Å². The fourth-order valence-electron chi connectivity index (χ4n) is 29.2. The lowest BCUT2D eigenvalue weighted by molar-refractivity contribution is 0.399. The van der Waals surface area contributed by atoms with Gasteiger partial charge in [0.05, 0.1) is 0 Å². The summed E-state index contributed by atoms with van der Waals surface area (Å²) in [6.07, 6.45) is 30.8. The molecule has 720 valence electrons. The van der Waals surface area contributed by atoms with Crippen molar-refractivity contribution in [1.82, 2.24) is 0 Å². The Morgan fingerprint density at radius 3 is 0.938 bits per heavy atom. The molecule has 0 radical (unpaired) electrons. The molecular formula is C141H139NO2. The highest BCUT2D eigenvalue weighted by Gasteiger charge is 2.52. The summed E-state index contributed by atoms with van der Waals surface area (Å²) in [5.41, 5.74) is 54.0. The van der Waals surface area contributed by atoms with Crippen molar-refractivity contribution in [2.24, 2.45) is 0 Å². The zero-order valence-corrected chi connectivity index (χ0v) is 87.5. The van der Waals surface area contributed by atoms with E-state index in [0.717, 1.165) is 50.2 Å². The predicted octanol–water partition coefficient (Wildman–Crippen LogP) is 41.1. The number of rotatable bonds is 31. The monoisotopic (exact) mass is 1880 g/mol. The van der Waals surface area contributed by atoms with Gasteiger partial charge in [0.1, 0.15) is 22.3 Å². The summed E-state index contributed by atoms with van der Waals surface area (Å²) in [5.74, 6) is 0. The first-order valence-corrected chi connectivity index (χ1v) is 55.4. The van der Waals surface area contributed by atoms with Gasteiger partial charge >= 0.3 is 0 Å². The summed E-state index contributed by atoms with van der Waals surface area (Å²) >= 11 is 0. The Labute approximate surface area is 855 Å². The van der Waals surface area contributed by atoms with Crippen molar-refractivity contribution in [3.05, 3.63) is 375 Å². The number of benzene rings is 16. The summed E-state index contributed by atoms with van der Waals surface area (Å²) in [4.78, 5) is 2.51. The molecule has 144 heavy (non-hydrogen) atoms. The molecule has 18 aromatic rings. The molecule has 0 amide bonds. The van der Waals surface area contributed by atoms with E-state index in [0.29, 0.717) is 0 Å². The molecule has 2 heterocycles. The summed E-state index contributed by atoms with van der Waals surface area (Å²) in [6.45, 7) is 34.2. The Balaban J connectivity index is 0.534. The zero-order valence-electron chi connectivity index (χ0n) is 87.5. The van der Waals surface area contributed by atoms with Gasteiger partial charge in [0.25, 0.3) is 0 Å². The molecule has 3 nitrogen and oxygen atoms in total. The van der Waals surface area contributed by atoms with Crippen LogP contribution >= 0.6 is 0 Å². The number of para-hydroxylation sites is 3. The first-order chi connectivity index (χ1) is 70.0. The van der Waals surface area contributed by atoms with Crippen molar-refractivity contribution in [3.63, 3.8) is 0 Å². The molecule has 2 aromatic heterocycles. The maximum atomic E-state index is 7.42. The molecule has 0 saturated carbocycles. The molecule has 7 aliphatic carbocycles. The van der Waals surface area contributed by atoms with Crippen LogP contribution < -0.4 is 4.90 Å². The molecular weight excluding hydrogens is 1740 g/mol. The first kappa shape index (κ1) is 92.1. The van der Waals surface area contributed by atoms with Crippen LogP contribution in [0.15, 0.2) is 306 Å². The summed E-state index contributed by atoms with van der Waals surface area (Å²) in [5, 5.41) is 4.69. The number of anilines is 3. The third kappa shape index (κ3) is 14.0. The molecule has 0 saturated heterocycles. The molecule has 16 aromatic carbocycles. The Bertz CT molecular complexity index is 8210. The molecule has 0 unspecified atom stereocenters. The van der Waals surface area contributed by atoms with E-state index in [4.69, 9.17) is 8.83 Å². The van der Waals surface area contributed by atoms with Crippen molar-refractivity contribution in [2.75, 3.05) is 4.90 Å². The van der Waals surface area contributed by atoms with Gasteiger partial charge in [-0.1, -0.05) is 426 Å². The maximum Gasteiger partial charge on any atom is 0.144 e. The van der Waals surface area contributed by atoms with E-state index < -0.39 is 16.2 Å². The van der Waals surface area contributed by atoms with Gasteiger partial charge in [0.15, 0.2) is 0 Å². The lowest BCUT2D eigenvalue weighted by Gasteiger charge is -2.33. The van der Waals surface area contributed by atoms with Gasteiger partial charge in [-0.3, -0.25) is 0 Å². The van der Waals surface area contributed by atoms with Gasteiger partial charge in [0.2, 0.25) is 0 Å².